The van der Waals surface area contributed by atoms with Crippen LogP contribution in [-0.4, -0.2) is 36.6 Å². The lowest BCUT2D eigenvalue weighted by molar-refractivity contribution is -0.00376. The molecule has 1 aromatic rings. The molecule has 5 heteroatoms. The number of carbonyl (C=O) groups is 1. The summed E-state index contributed by atoms with van der Waals surface area (Å²) in [4.78, 5) is 25.5. The summed E-state index contributed by atoms with van der Waals surface area (Å²) in [5.41, 5.74) is -0.206. The van der Waals surface area contributed by atoms with Gasteiger partial charge in [0.05, 0.1) is 6.10 Å². The monoisotopic (exact) mass is 279 g/mol. The Labute approximate surface area is 118 Å². The first-order chi connectivity index (χ1) is 9.60. The fourth-order valence-electron chi connectivity index (χ4n) is 2.42. The Balaban J connectivity index is 2.09. The predicted octanol–water partition coefficient (Wildman–Crippen LogP) is 1.98. The van der Waals surface area contributed by atoms with Crippen LogP contribution < -0.4 is 5.43 Å². The molecule has 0 N–H and O–H groups in total. The average molecular weight is 279 g/mol. The molecular weight excluding hydrogens is 258 g/mol. The van der Waals surface area contributed by atoms with Gasteiger partial charge in [0.25, 0.3) is 5.91 Å². The molecule has 1 amide bonds. The SMILES string of the molecule is CCN(C[C@H]1CCCCO1)C(=O)c1cc(=O)cc(C)o1. The fourth-order valence-corrected chi connectivity index (χ4v) is 2.42. The molecule has 0 aliphatic carbocycles. The van der Waals surface area contributed by atoms with Crippen molar-refractivity contribution >= 4 is 5.91 Å². The minimum absolute atomic E-state index is 0.0872. The van der Waals surface area contributed by atoms with E-state index >= 15 is 0 Å². The standard InChI is InChI=1S/C15H21NO4/c1-3-16(10-13-6-4-5-7-19-13)15(18)14-9-12(17)8-11(2)20-14/h8-9,13H,3-7,10H2,1-2H3/t13-/m1/s1. The number of hydrogen-bond donors (Lipinski definition) is 0. The van der Waals surface area contributed by atoms with Crippen molar-refractivity contribution in [2.24, 2.45) is 0 Å². The van der Waals surface area contributed by atoms with Crippen molar-refractivity contribution in [1.82, 2.24) is 4.90 Å². The third kappa shape index (κ3) is 3.70. The van der Waals surface area contributed by atoms with Crippen LogP contribution in [0, 0.1) is 6.92 Å². The van der Waals surface area contributed by atoms with Gasteiger partial charge in [-0.15, -0.1) is 0 Å². The maximum absolute atomic E-state index is 12.4. The van der Waals surface area contributed by atoms with Gasteiger partial charge < -0.3 is 14.1 Å². The number of hydrogen-bond acceptors (Lipinski definition) is 4. The van der Waals surface area contributed by atoms with Crippen LogP contribution in [-0.2, 0) is 4.74 Å². The summed E-state index contributed by atoms with van der Waals surface area (Å²) in [6, 6.07) is 2.62. The summed E-state index contributed by atoms with van der Waals surface area (Å²) in [6.07, 6.45) is 3.28. The van der Waals surface area contributed by atoms with Crippen molar-refractivity contribution in [2.75, 3.05) is 19.7 Å². The third-order valence-electron chi connectivity index (χ3n) is 3.47. The van der Waals surface area contributed by atoms with Crippen LogP contribution in [0.15, 0.2) is 21.3 Å². The first-order valence-corrected chi connectivity index (χ1v) is 7.13. The van der Waals surface area contributed by atoms with E-state index in [2.05, 4.69) is 0 Å². The lowest BCUT2D eigenvalue weighted by Crippen LogP contribution is -2.39. The zero-order valence-electron chi connectivity index (χ0n) is 12.1. The lowest BCUT2D eigenvalue weighted by Gasteiger charge is -2.28. The molecule has 1 aromatic heterocycles. The van der Waals surface area contributed by atoms with E-state index < -0.39 is 0 Å². The first kappa shape index (κ1) is 14.8. The maximum atomic E-state index is 12.4. The molecular formula is C15H21NO4. The summed E-state index contributed by atoms with van der Waals surface area (Å²) < 4.78 is 11.0. The molecule has 0 saturated carbocycles. The second-order valence-corrected chi connectivity index (χ2v) is 5.10. The van der Waals surface area contributed by atoms with Crippen LogP contribution in [0.2, 0.25) is 0 Å². The Morgan fingerprint density at radius 3 is 2.80 bits per heavy atom. The molecule has 0 bridgehead atoms. The molecule has 1 atom stereocenters. The van der Waals surface area contributed by atoms with Crippen molar-refractivity contribution in [3.05, 3.63) is 33.9 Å². The van der Waals surface area contributed by atoms with Crippen LogP contribution in [0.25, 0.3) is 0 Å². The fraction of sp³-hybridized carbons (Fsp3) is 0.600. The zero-order valence-corrected chi connectivity index (χ0v) is 12.1. The topological polar surface area (TPSA) is 59.8 Å². The molecule has 0 spiro atoms. The zero-order chi connectivity index (χ0) is 14.5. The summed E-state index contributed by atoms with van der Waals surface area (Å²) in [5, 5.41) is 0. The van der Waals surface area contributed by atoms with Gasteiger partial charge in [-0.3, -0.25) is 9.59 Å². The van der Waals surface area contributed by atoms with Crippen LogP contribution in [0.1, 0.15) is 42.5 Å². The third-order valence-corrected chi connectivity index (χ3v) is 3.47. The van der Waals surface area contributed by atoms with Crippen molar-refractivity contribution < 1.29 is 13.9 Å². The molecule has 1 aliphatic rings. The highest BCUT2D eigenvalue weighted by atomic mass is 16.5. The minimum atomic E-state index is -0.248. The number of carbonyl (C=O) groups excluding carboxylic acids is 1. The highest BCUT2D eigenvalue weighted by molar-refractivity contribution is 5.91. The molecule has 110 valence electrons. The van der Waals surface area contributed by atoms with Gasteiger partial charge in [-0.25, -0.2) is 0 Å². The van der Waals surface area contributed by atoms with Gasteiger partial charge >= 0.3 is 0 Å². The smallest absolute Gasteiger partial charge is 0.289 e. The Morgan fingerprint density at radius 2 is 2.20 bits per heavy atom. The van der Waals surface area contributed by atoms with E-state index in [1.54, 1.807) is 11.8 Å². The lowest BCUT2D eigenvalue weighted by atomic mass is 10.1. The predicted molar refractivity (Wildman–Crippen MR) is 74.9 cm³/mol. The second kappa shape index (κ2) is 6.70. The van der Waals surface area contributed by atoms with E-state index in [4.69, 9.17) is 9.15 Å². The van der Waals surface area contributed by atoms with Gasteiger partial charge in [-0.2, -0.15) is 0 Å². The molecule has 2 rings (SSSR count). The number of ether oxygens (including phenoxy) is 1. The van der Waals surface area contributed by atoms with Crippen LogP contribution in [0.4, 0.5) is 0 Å². The number of aryl methyl sites for hydroxylation is 1. The van der Waals surface area contributed by atoms with Crippen LogP contribution >= 0.6 is 0 Å². The average Bonchev–Trinajstić information content (AvgIpc) is 2.44. The van der Waals surface area contributed by atoms with Gasteiger partial charge in [0, 0.05) is 31.8 Å². The summed E-state index contributed by atoms with van der Waals surface area (Å²) in [5.74, 6) is 0.306. The second-order valence-electron chi connectivity index (χ2n) is 5.10. The Morgan fingerprint density at radius 1 is 1.40 bits per heavy atom. The van der Waals surface area contributed by atoms with Gasteiger partial charge in [-0.05, 0) is 33.1 Å². The van der Waals surface area contributed by atoms with Gasteiger partial charge in [0.15, 0.2) is 11.2 Å². The van der Waals surface area contributed by atoms with E-state index in [1.165, 1.54) is 12.1 Å². The molecule has 1 saturated heterocycles. The van der Waals surface area contributed by atoms with E-state index in [1.807, 2.05) is 6.92 Å². The van der Waals surface area contributed by atoms with Gasteiger partial charge in [0.2, 0.25) is 0 Å². The summed E-state index contributed by atoms with van der Waals surface area (Å²) >= 11 is 0. The molecule has 5 nitrogen and oxygen atoms in total. The minimum Gasteiger partial charge on any atom is -0.456 e. The molecule has 1 fully saturated rings. The quantitative estimate of drug-likeness (QED) is 0.845. The number of likely N-dealkylation sites (N-methyl/N-ethyl adjacent to an activating group) is 1. The highest BCUT2D eigenvalue weighted by Gasteiger charge is 2.23. The van der Waals surface area contributed by atoms with Crippen molar-refractivity contribution in [1.29, 1.82) is 0 Å². The summed E-state index contributed by atoms with van der Waals surface area (Å²) in [7, 11) is 0. The maximum Gasteiger partial charge on any atom is 0.289 e. The van der Waals surface area contributed by atoms with Crippen molar-refractivity contribution in [3.63, 3.8) is 0 Å². The first-order valence-electron chi connectivity index (χ1n) is 7.13. The molecule has 20 heavy (non-hydrogen) atoms. The highest BCUT2D eigenvalue weighted by Crippen LogP contribution is 2.15. The van der Waals surface area contributed by atoms with E-state index in [0.29, 0.717) is 18.8 Å². The van der Waals surface area contributed by atoms with E-state index in [0.717, 1.165) is 25.9 Å². The van der Waals surface area contributed by atoms with Crippen LogP contribution in [0.5, 0.6) is 0 Å². The largest absolute Gasteiger partial charge is 0.456 e. The molecule has 1 aliphatic heterocycles. The van der Waals surface area contributed by atoms with Crippen molar-refractivity contribution in [2.45, 2.75) is 39.2 Å². The number of amides is 1. The Kier molecular flexibility index (Phi) is 4.95. The van der Waals surface area contributed by atoms with Gasteiger partial charge in [-0.1, -0.05) is 0 Å². The normalized spacial score (nSPS) is 18.8. The van der Waals surface area contributed by atoms with E-state index in [9.17, 15) is 9.59 Å². The molecule has 2 heterocycles. The van der Waals surface area contributed by atoms with E-state index in [-0.39, 0.29) is 23.2 Å². The molecule has 0 radical (unpaired) electrons. The van der Waals surface area contributed by atoms with Crippen molar-refractivity contribution in [3.8, 4) is 0 Å². The number of rotatable bonds is 4. The van der Waals surface area contributed by atoms with Crippen LogP contribution in [0.3, 0.4) is 0 Å². The molecule has 0 unspecified atom stereocenters. The summed E-state index contributed by atoms with van der Waals surface area (Å²) in [6.45, 7) is 5.45. The molecule has 0 aromatic carbocycles. The number of nitrogens with zero attached hydrogens (tertiary/aromatic N) is 1. The van der Waals surface area contributed by atoms with Gasteiger partial charge in [0.1, 0.15) is 5.76 Å². The Bertz CT molecular complexity index is 517. The Hall–Kier alpha value is -1.62.